The van der Waals surface area contributed by atoms with E-state index in [0.29, 0.717) is 24.3 Å². The van der Waals surface area contributed by atoms with Gasteiger partial charge in [-0.05, 0) is 36.8 Å². The molecule has 1 aliphatic carbocycles. The summed E-state index contributed by atoms with van der Waals surface area (Å²) < 4.78 is 0. The van der Waals surface area contributed by atoms with Gasteiger partial charge in [0.25, 0.3) is 0 Å². The lowest BCUT2D eigenvalue weighted by molar-refractivity contribution is -0.135. The largest absolute Gasteiger partial charge is 0.341 e. The molecule has 3 nitrogen and oxygen atoms in total. The Kier molecular flexibility index (Phi) is 5.94. The molecular formula is C21H32N2O. The molecule has 2 aliphatic rings. The van der Waals surface area contributed by atoms with Crippen LogP contribution in [0.15, 0.2) is 30.3 Å². The number of hydrogen-bond donors (Lipinski definition) is 1. The lowest BCUT2D eigenvalue weighted by Crippen LogP contribution is -2.35. The second kappa shape index (κ2) is 8.15. The topological polar surface area (TPSA) is 46.3 Å². The van der Waals surface area contributed by atoms with Gasteiger partial charge in [0.2, 0.25) is 5.91 Å². The maximum Gasteiger partial charge on any atom is 0.225 e. The lowest BCUT2D eigenvalue weighted by Gasteiger charge is -2.25. The Morgan fingerprint density at radius 2 is 1.92 bits per heavy atom. The van der Waals surface area contributed by atoms with Gasteiger partial charge in [0.05, 0.1) is 0 Å². The van der Waals surface area contributed by atoms with Crippen molar-refractivity contribution < 1.29 is 4.79 Å². The minimum atomic E-state index is 0.209. The molecule has 1 aromatic rings. The summed E-state index contributed by atoms with van der Waals surface area (Å²) in [5, 5.41) is 0. The van der Waals surface area contributed by atoms with Crippen molar-refractivity contribution >= 4 is 5.91 Å². The standard InChI is InChI=1S/C21H32N2O/c1-2-17(12-16-8-6-7-9-16)21(24)23-14-19(13-22)20(15-23)18-10-4-3-5-11-18/h3-5,10-11,16-17,19-20H,2,6-9,12-15,22H2,1H3/t17?,19-,20+/m1/s1. The van der Waals surface area contributed by atoms with Gasteiger partial charge in [0.1, 0.15) is 0 Å². The number of amides is 1. The third-order valence-corrected chi connectivity index (χ3v) is 6.22. The molecule has 1 aromatic carbocycles. The highest BCUT2D eigenvalue weighted by molar-refractivity contribution is 5.79. The molecule has 0 radical (unpaired) electrons. The van der Waals surface area contributed by atoms with E-state index < -0.39 is 0 Å². The Morgan fingerprint density at radius 1 is 1.21 bits per heavy atom. The molecule has 0 aromatic heterocycles. The summed E-state index contributed by atoms with van der Waals surface area (Å²) in [6.45, 7) is 4.49. The Hall–Kier alpha value is -1.35. The maximum absolute atomic E-state index is 13.1. The van der Waals surface area contributed by atoms with Crippen LogP contribution in [0.25, 0.3) is 0 Å². The molecule has 0 spiro atoms. The van der Waals surface area contributed by atoms with E-state index in [2.05, 4.69) is 36.1 Å². The summed E-state index contributed by atoms with van der Waals surface area (Å²) in [6, 6.07) is 10.6. The van der Waals surface area contributed by atoms with Gasteiger partial charge in [-0.1, -0.05) is 62.9 Å². The van der Waals surface area contributed by atoms with Crippen molar-refractivity contribution in [1.29, 1.82) is 0 Å². The van der Waals surface area contributed by atoms with E-state index in [1.54, 1.807) is 0 Å². The van der Waals surface area contributed by atoms with Crippen LogP contribution < -0.4 is 5.73 Å². The first-order valence-corrected chi connectivity index (χ1v) is 9.76. The third-order valence-electron chi connectivity index (χ3n) is 6.22. The molecule has 132 valence electrons. The van der Waals surface area contributed by atoms with Crippen molar-refractivity contribution in [3.8, 4) is 0 Å². The van der Waals surface area contributed by atoms with Crippen molar-refractivity contribution in [3.05, 3.63) is 35.9 Å². The number of nitrogens with zero attached hydrogens (tertiary/aromatic N) is 1. The van der Waals surface area contributed by atoms with Gasteiger partial charge in [-0.2, -0.15) is 0 Å². The first-order chi connectivity index (χ1) is 11.7. The van der Waals surface area contributed by atoms with Crippen molar-refractivity contribution in [1.82, 2.24) is 4.90 Å². The zero-order valence-corrected chi connectivity index (χ0v) is 15.0. The number of carbonyl (C=O) groups excluding carboxylic acids is 1. The monoisotopic (exact) mass is 328 g/mol. The van der Waals surface area contributed by atoms with Crippen molar-refractivity contribution in [2.45, 2.75) is 51.4 Å². The summed E-state index contributed by atoms with van der Waals surface area (Å²) in [5.41, 5.74) is 7.35. The highest BCUT2D eigenvalue weighted by Gasteiger charge is 2.37. The Balaban J connectivity index is 1.66. The molecule has 2 fully saturated rings. The molecule has 1 saturated heterocycles. The summed E-state index contributed by atoms with van der Waals surface area (Å²) in [7, 11) is 0. The number of rotatable bonds is 6. The van der Waals surface area contributed by atoms with E-state index >= 15 is 0 Å². The average Bonchev–Trinajstić information content (AvgIpc) is 3.29. The summed E-state index contributed by atoms with van der Waals surface area (Å²) in [6.07, 6.45) is 7.41. The average molecular weight is 329 g/mol. The van der Waals surface area contributed by atoms with Gasteiger partial charge in [-0.25, -0.2) is 0 Å². The van der Waals surface area contributed by atoms with E-state index in [0.717, 1.165) is 31.8 Å². The van der Waals surface area contributed by atoms with Crippen molar-refractivity contribution in [2.24, 2.45) is 23.5 Å². The fourth-order valence-corrected chi connectivity index (χ4v) is 4.72. The normalized spacial score (nSPS) is 26.0. The molecule has 3 atom stereocenters. The van der Waals surface area contributed by atoms with Crippen LogP contribution in [-0.2, 0) is 4.79 Å². The van der Waals surface area contributed by atoms with Gasteiger partial charge in [0.15, 0.2) is 0 Å². The second-order valence-corrected chi connectivity index (χ2v) is 7.75. The minimum absolute atomic E-state index is 0.209. The highest BCUT2D eigenvalue weighted by Crippen LogP contribution is 2.36. The first kappa shape index (κ1) is 17.5. The second-order valence-electron chi connectivity index (χ2n) is 7.75. The molecule has 1 heterocycles. The van der Waals surface area contributed by atoms with Gasteiger partial charge >= 0.3 is 0 Å². The molecule has 24 heavy (non-hydrogen) atoms. The van der Waals surface area contributed by atoms with E-state index in [4.69, 9.17) is 5.73 Å². The molecule has 1 aliphatic heterocycles. The third kappa shape index (κ3) is 3.83. The van der Waals surface area contributed by atoms with Crippen molar-refractivity contribution in [3.63, 3.8) is 0 Å². The predicted molar refractivity (Wildman–Crippen MR) is 98.7 cm³/mol. The smallest absolute Gasteiger partial charge is 0.225 e. The summed E-state index contributed by atoms with van der Waals surface area (Å²) >= 11 is 0. The van der Waals surface area contributed by atoms with E-state index in [1.807, 2.05) is 6.07 Å². The summed E-state index contributed by atoms with van der Waals surface area (Å²) in [5.74, 6) is 2.14. The minimum Gasteiger partial charge on any atom is -0.341 e. The highest BCUT2D eigenvalue weighted by atomic mass is 16.2. The molecule has 2 N–H and O–H groups in total. The number of nitrogens with two attached hydrogens (primary N) is 1. The van der Waals surface area contributed by atoms with Crippen LogP contribution in [0.4, 0.5) is 0 Å². The predicted octanol–water partition coefficient (Wildman–Crippen LogP) is 3.79. The van der Waals surface area contributed by atoms with Crippen molar-refractivity contribution in [2.75, 3.05) is 19.6 Å². The first-order valence-electron chi connectivity index (χ1n) is 9.76. The van der Waals surface area contributed by atoms with Crippen LogP contribution in [0.5, 0.6) is 0 Å². The fourth-order valence-electron chi connectivity index (χ4n) is 4.72. The lowest BCUT2D eigenvalue weighted by atomic mass is 9.89. The molecule has 3 heteroatoms. The van der Waals surface area contributed by atoms with Crippen LogP contribution in [0.3, 0.4) is 0 Å². The molecule has 1 amide bonds. The Bertz CT molecular complexity index is 524. The maximum atomic E-state index is 13.1. The van der Waals surface area contributed by atoms with E-state index in [9.17, 15) is 4.79 Å². The van der Waals surface area contributed by atoms with Gasteiger partial charge < -0.3 is 10.6 Å². The molecule has 0 bridgehead atoms. The van der Waals surface area contributed by atoms with Crippen LogP contribution in [0.1, 0.15) is 56.9 Å². The quantitative estimate of drug-likeness (QED) is 0.863. The zero-order chi connectivity index (χ0) is 16.9. The molecular weight excluding hydrogens is 296 g/mol. The number of carbonyl (C=O) groups is 1. The van der Waals surface area contributed by atoms with E-state index in [-0.39, 0.29) is 5.92 Å². The fraction of sp³-hybridized carbons (Fsp3) is 0.667. The van der Waals surface area contributed by atoms with Crippen LogP contribution >= 0.6 is 0 Å². The Morgan fingerprint density at radius 3 is 2.54 bits per heavy atom. The molecule has 3 rings (SSSR count). The number of likely N-dealkylation sites (tertiary alicyclic amines) is 1. The van der Waals surface area contributed by atoms with Gasteiger partial charge in [-0.3, -0.25) is 4.79 Å². The van der Waals surface area contributed by atoms with Crippen LogP contribution in [0, 0.1) is 17.8 Å². The zero-order valence-electron chi connectivity index (χ0n) is 15.0. The Labute approximate surface area is 146 Å². The SMILES string of the molecule is CCC(CC1CCCC1)C(=O)N1C[C@@H](CN)[C@H](c2ccccc2)C1. The number of hydrogen-bond acceptors (Lipinski definition) is 2. The van der Waals surface area contributed by atoms with Gasteiger partial charge in [-0.15, -0.1) is 0 Å². The van der Waals surface area contributed by atoms with Crippen LogP contribution in [-0.4, -0.2) is 30.4 Å². The number of benzene rings is 1. The van der Waals surface area contributed by atoms with Gasteiger partial charge in [0, 0.05) is 24.9 Å². The summed E-state index contributed by atoms with van der Waals surface area (Å²) in [4.78, 5) is 15.2. The molecule has 1 unspecified atom stereocenters. The molecule has 1 saturated carbocycles. The van der Waals surface area contributed by atoms with Crippen LogP contribution in [0.2, 0.25) is 0 Å². The van der Waals surface area contributed by atoms with E-state index in [1.165, 1.54) is 31.2 Å².